The van der Waals surface area contributed by atoms with Gasteiger partial charge in [0.25, 0.3) is 5.91 Å². The highest BCUT2D eigenvalue weighted by Gasteiger charge is 2.29. The number of amides is 1. The van der Waals surface area contributed by atoms with E-state index in [1.807, 2.05) is 19.0 Å². The fourth-order valence-corrected chi connectivity index (χ4v) is 5.03. The van der Waals surface area contributed by atoms with E-state index < -0.39 is 34.5 Å². The Balaban J connectivity index is 1.68. The first-order chi connectivity index (χ1) is 21.6. The number of carbonyl (C=O) groups is 1. The summed E-state index contributed by atoms with van der Waals surface area (Å²) >= 11 is 0. The van der Waals surface area contributed by atoms with Gasteiger partial charge in [-0.1, -0.05) is 18.2 Å². The lowest BCUT2D eigenvalue weighted by Crippen LogP contribution is -2.20. The van der Waals surface area contributed by atoms with Gasteiger partial charge in [0, 0.05) is 41.5 Å². The Morgan fingerprint density at radius 3 is 2.52 bits per heavy atom. The van der Waals surface area contributed by atoms with E-state index in [0.29, 0.717) is 45.8 Å². The molecule has 0 unspecified atom stereocenters. The van der Waals surface area contributed by atoms with Crippen molar-refractivity contribution < 1.29 is 35.3 Å². The summed E-state index contributed by atoms with van der Waals surface area (Å²) in [6.07, 6.45) is 0.00870. The highest BCUT2D eigenvalue weighted by molar-refractivity contribution is 7.86. The van der Waals surface area contributed by atoms with Crippen LogP contribution in [0.5, 0.6) is 5.75 Å². The van der Waals surface area contributed by atoms with Crippen LogP contribution in [0.3, 0.4) is 0 Å². The van der Waals surface area contributed by atoms with Crippen molar-refractivity contribution >= 4 is 49.9 Å². The van der Waals surface area contributed by atoms with Crippen molar-refractivity contribution in [3.63, 3.8) is 0 Å². The molecule has 0 fully saturated rings. The Bertz CT molecular complexity index is 1840. The third-order valence-electron chi connectivity index (χ3n) is 6.51. The van der Waals surface area contributed by atoms with E-state index in [1.54, 1.807) is 36.4 Å². The second-order valence-corrected chi connectivity index (χ2v) is 12.1. The van der Waals surface area contributed by atoms with Gasteiger partial charge in [-0.3, -0.25) is 4.79 Å². The minimum absolute atomic E-state index is 0.0947. The van der Waals surface area contributed by atoms with Gasteiger partial charge in [-0.25, -0.2) is 9.97 Å². The highest BCUT2D eigenvalue weighted by atomic mass is 32.2. The van der Waals surface area contributed by atoms with Crippen LogP contribution in [0.25, 0.3) is 22.2 Å². The summed E-state index contributed by atoms with van der Waals surface area (Å²) in [5, 5.41) is 9.48. The molecule has 4 aromatic rings. The first-order valence-electron chi connectivity index (χ1n) is 13.9. The largest absolute Gasteiger partial charge is 0.494 e. The zero-order valence-electron chi connectivity index (χ0n) is 25.6. The maximum absolute atomic E-state index is 13.3. The molecule has 0 aliphatic heterocycles. The molecule has 2 aromatic heterocycles. The number of fused-ring (bicyclic) bond motifs is 1. The van der Waals surface area contributed by atoms with E-state index in [0.717, 1.165) is 23.8 Å². The SMILES string of the molecule is C=C(OS(C)(=O)=O)C(=O)Nc1cc(Nc2nccc(-c3cn(CC(F)(F)F)c4ccccc34)n2)c(OC)cc1NCCCN(C)C. The van der Waals surface area contributed by atoms with Crippen molar-refractivity contribution in [2.24, 2.45) is 0 Å². The molecule has 3 N–H and O–H groups in total. The minimum Gasteiger partial charge on any atom is -0.494 e. The molecule has 4 rings (SSSR count). The standard InChI is InChI=1S/C30H34F3N7O5S/c1-19(45-46(5,42)43)28(41)36-24-15-25(27(44-4)16-23(24)34-12-8-14-39(2)3)38-29-35-13-11-22(37-29)21-17-40(18-30(31,32)33)26-10-7-6-9-20(21)26/h6-7,9-11,13,15-17,34H,1,8,12,14,18H2,2-5H3,(H,36,41)(H,35,37,38). The number of alkyl halides is 3. The average molecular weight is 662 g/mol. The van der Waals surface area contributed by atoms with E-state index >= 15 is 0 Å². The number of carbonyl (C=O) groups excluding carboxylic acids is 1. The van der Waals surface area contributed by atoms with Crippen LogP contribution >= 0.6 is 0 Å². The molecule has 1 amide bonds. The summed E-state index contributed by atoms with van der Waals surface area (Å²) in [5.41, 5.74) is 2.28. The fraction of sp³-hybridized carbons (Fsp3) is 0.300. The molecule has 0 aliphatic rings. The topological polar surface area (TPSA) is 140 Å². The number of benzene rings is 2. The Kier molecular flexibility index (Phi) is 10.4. The van der Waals surface area contributed by atoms with Crippen molar-refractivity contribution in [1.82, 2.24) is 19.4 Å². The van der Waals surface area contributed by atoms with Gasteiger partial charge in [0.1, 0.15) is 12.3 Å². The third kappa shape index (κ3) is 9.10. The molecule has 2 aromatic carbocycles. The van der Waals surface area contributed by atoms with Crippen LogP contribution in [0.15, 0.2) is 67.2 Å². The summed E-state index contributed by atoms with van der Waals surface area (Å²) in [6, 6.07) is 11.5. The average Bonchev–Trinajstić information content (AvgIpc) is 3.32. The fourth-order valence-electron chi connectivity index (χ4n) is 4.59. The zero-order chi connectivity index (χ0) is 33.6. The molecule has 46 heavy (non-hydrogen) atoms. The smallest absolute Gasteiger partial charge is 0.406 e. The summed E-state index contributed by atoms with van der Waals surface area (Å²) in [6.45, 7) is 3.57. The number of anilines is 4. The van der Waals surface area contributed by atoms with Gasteiger partial charge in [-0.2, -0.15) is 21.6 Å². The van der Waals surface area contributed by atoms with E-state index in [4.69, 9.17) is 4.74 Å². The van der Waals surface area contributed by atoms with Gasteiger partial charge >= 0.3 is 16.3 Å². The van der Waals surface area contributed by atoms with Gasteiger partial charge in [-0.05, 0) is 51.8 Å². The van der Waals surface area contributed by atoms with Crippen molar-refractivity contribution in [3.05, 3.63) is 67.2 Å². The summed E-state index contributed by atoms with van der Waals surface area (Å²) in [4.78, 5) is 23.6. The summed E-state index contributed by atoms with van der Waals surface area (Å²) < 4.78 is 74.3. The summed E-state index contributed by atoms with van der Waals surface area (Å²) in [5.74, 6) is -1.09. The molecule has 0 saturated carbocycles. The second-order valence-electron chi connectivity index (χ2n) is 10.5. The maximum Gasteiger partial charge on any atom is 0.406 e. The molecule has 0 radical (unpaired) electrons. The number of rotatable bonds is 14. The molecule has 2 heterocycles. The molecule has 0 bridgehead atoms. The quantitative estimate of drug-likeness (QED) is 0.0715. The van der Waals surface area contributed by atoms with Crippen LogP contribution in [-0.2, 0) is 25.6 Å². The molecule has 0 aliphatic carbocycles. The number of nitrogens with zero attached hydrogens (tertiary/aromatic N) is 4. The molecule has 0 atom stereocenters. The molecule has 16 heteroatoms. The van der Waals surface area contributed by atoms with Crippen molar-refractivity contribution in [2.45, 2.75) is 19.1 Å². The number of methoxy groups -OCH3 is 1. The van der Waals surface area contributed by atoms with Crippen LogP contribution in [0.2, 0.25) is 0 Å². The number of para-hydroxylation sites is 1. The van der Waals surface area contributed by atoms with Gasteiger partial charge in [0.05, 0.1) is 36.1 Å². The third-order valence-corrected chi connectivity index (χ3v) is 7.01. The Morgan fingerprint density at radius 1 is 1.11 bits per heavy atom. The second kappa shape index (κ2) is 14.1. The van der Waals surface area contributed by atoms with Crippen LogP contribution < -0.4 is 20.7 Å². The van der Waals surface area contributed by atoms with Crippen molar-refractivity contribution in [2.75, 3.05) is 56.5 Å². The number of hydrogen-bond donors (Lipinski definition) is 3. The van der Waals surface area contributed by atoms with Gasteiger partial charge < -0.3 is 34.3 Å². The first-order valence-corrected chi connectivity index (χ1v) is 15.7. The van der Waals surface area contributed by atoms with Crippen molar-refractivity contribution in [1.29, 1.82) is 0 Å². The lowest BCUT2D eigenvalue weighted by molar-refractivity contribution is -0.139. The van der Waals surface area contributed by atoms with Crippen LogP contribution in [0.1, 0.15) is 6.42 Å². The molecule has 12 nitrogen and oxygen atoms in total. The number of nitrogens with one attached hydrogen (secondary N) is 3. The molecular formula is C30H34F3N7O5S. The van der Waals surface area contributed by atoms with Crippen LogP contribution in [-0.4, -0.2) is 80.5 Å². The number of ether oxygens (including phenoxy) is 1. The normalized spacial score (nSPS) is 11.8. The first kappa shape index (κ1) is 34.1. The highest BCUT2D eigenvalue weighted by Crippen LogP contribution is 2.37. The van der Waals surface area contributed by atoms with E-state index in [1.165, 1.54) is 25.6 Å². The predicted molar refractivity (Wildman–Crippen MR) is 171 cm³/mol. The predicted octanol–water partition coefficient (Wildman–Crippen LogP) is 5.20. The van der Waals surface area contributed by atoms with Gasteiger partial charge in [-0.15, -0.1) is 0 Å². The number of aromatic nitrogens is 3. The maximum atomic E-state index is 13.3. The molecule has 246 valence electrons. The van der Waals surface area contributed by atoms with Gasteiger partial charge in [0.2, 0.25) is 5.95 Å². The Hall–Kier alpha value is -4.83. The monoisotopic (exact) mass is 661 g/mol. The lowest BCUT2D eigenvalue weighted by Gasteiger charge is -2.19. The minimum atomic E-state index is -4.42. The molecular weight excluding hydrogens is 627 g/mol. The van der Waals surface area contributed by atoms with E-state index in [-0.39, 0.29) is 11.6 Å². The summed E-state index contributed by atoms with van der Waals surface area (Å²) in [7, 11) is 1.35. The van der Waals surface area contributed by atoms with Crippen molar-refractivity contribution in [3.8, 4) is 17.0 Å². The van der Waals surface area contributed by atoms with Crippen LogP contribution in [0.4, 0.5) is 36.2 Å². The van der Waals surface area contributed by atoms with E-state index in [2.05, 4.69) is 36.7 Å². The lowest BCUT2D eigenvalue weighted by atomic mass is 10.1. The van der Waals surface area contributed by atoms with E-state index in [9.17, 15) is 26.4 Å². The zero-order valence-corrected chi connectivity index (χ0v) is 26.4. The van der Waals surface area contributed by atoms with Crippen LogP contribution in [0, 0.1) is 0 Å². The Morgan fingerprint density at radius 2 is 1.85 bits per heavy atom. The molecule has 0 saturated heterocycles. The van der Waals surface area contributed by atoms with Gasteiger partial charge in [0.15, 0.2) is 5.76 Å². The Labute approximate surface area is 264 Å². The number of halogens is 3. The molecule has 0 spiro atoms. The number of hydrogen-bond acceptors (Lipinski definition) is 10.